The number of nitrogens with one attached hydrogen (secondary N) is 1. The molecule has 3 aromatic rings. The van der Waals surface area contributed by atoms with Gasteiger partial charge in [0.15, 0.2) is 5.69 Å². The molecule has 0 unspecified atom stereocenters. The van der Waals surface area contributed by atoms with E-state index in [1.54, 1.807) is 68.6 Å². The summed E-state index contributed by atoms with van der Waals surface area (Å²) in [4.78, 5) is 37.5. The van der Waals surface area contributed by atoms with Gasteiger partial charge in [0.25, 0.3) is 5.56 Å². The number of nitrogens with zero attached hydrogens (tertiary/aromatic N) is 2. The summed E-state index contributed by atoms with van der Waals surface area (Å²) in [6.45, 7) is 1.79. The molecule has 0 fully saturated rings. The van der Waals surface area contributed by atoms with Crippen LogP contribution in [-0.4, -0.2) is 35.4 Å². The van der Waals surface area contributed by atoms with E-state index in [1.807, 2.05) is 0 Å². The van der Waals surface area contributed by atoms with Gasteiger partial charge in [-0.25, -0.2) is 4.79 Å². The Morgan fingerprint density at radius 3 is 2.40 bits per heavy atom. The quantitative estimate of drug-likeness (QED) is 0.605. The maximum absolute atomic E-state index is 12.6. The zero-order valence-corrected chi connectivity index (χ0v) is 16.6. The molecule has 0 atom stereocenters. The third kappa shape index (κ3) is 4.91. The molecule has 0 saturated carbocycles. The topological polar surface area (TPSA) is 99.5 Å². The molecule has 0 aliphatic rings. The SMILES string of the molecule is CCOC(=O)c1nn(-c2ccccc2)c(=O)cc1NC(=O)Cc1ccc(OC)cc1. The van der Waals surface area contributed by atoms with E-state index in [1.165, 1.54) is 0 Å². The number of benzene rings is 2. The first-order chi connectivity index (χ1) is 14.5. The monoisotopic (exact) mass is 407 g/mol. The van der Waals surface area contributed by atoms with Gasteiger partial charge in [-0.15, -0.1) is 0 Å². The van der Waals surface area contributed by atoms with Gasteiger partial charge < -0.3 is 14.8 Å². The maximum atomic E-state index is 12.6. The van der Waals surface area contributed by atoms with E-state index in [2.05, 4.69) is 10.4 Å². The van der Waals surface area contributed by atoms with E-state index in [-0.39, 0.29) is 24.4 Å². The summed E-state index contributed by atoms with van der Waals surface area (Å²) < 4.78 is 11.2. The molecule has 2 aromatic carbocycles. The highest BCUT2D eigenvalue weighted by Gasteiger charge is 2.20. The molecule has 0 bridgehead atoms. The highest BCUT2D eigenvalue weighted by atomic mass is 16.5. The molecule has 0 aliphatic heterocycles. The molecule has 8 nitrogen and oxygen atoms in total. The molecule has 154 valence electrons. The average Bonchev–Trinajstić information content (AvgIpc) is 2.75. The van der Waals surface area contributed by atoms with Crippen LogP contribution in [0.1, 0.15) is 23.0 Å². The lowest BCUT2D eigenvalue weighted by Gasteiger charge is -2.12. The Hall–Kier alpha value is -3.94. The first kappa shape index (κ1) is 20.8. The molecular formula is C22H21N3O5. The van der Waals surface area contributed by atoms with E-state index < -0.39 is 17.4 Å². The van der Waals surface area contributed by atoms with Gasteiger partial charge in [0.2, 0.25) is 5.91 Å². The van der Waals surface area contributed by atoms with Crippen molar-refractivity contribution in [3.05, 3.63) is 82.3 Å². The summed E-state index contributed by atoms with van der Waals surface area (Å²) in [7, 11) is 1.56. The predicted molar refractivity (Wildman–Crippen MR) is 111 cm³/mol. The fourth-order valence-corrected chi connectivity index (χ4v) is 2.78. The number of carbonyl (C=O) groups excluding carboxylic acids is 2. The average molecular weight is 407 g/mol. The number of methoxy groups -OCH3 is 1. The molecule has 1 heterocycles. The smallest absolute Gasteiger partial charge is 0.360 e. The Kier molecular flexibility index (Phi) is 6.59. The molecule has 30 heavy (non-hydrogen) atoms. The van der Waals surface area contributed by atoms with E-state index >= 15 is 0 Å². The second-order valence-corrected chi connectivity index (χ2v) is 6.29. The largest absolute Gasteiger partial charge is 0.497 e. The summed E-state index contributed by atoms with van der Waals surface area (Å²) >= 11 is 0. The lowest BCUT2D eigenvalue weighted by Crippen LogP contribution is -2.27. The number of hydrogen-bond donors (Lipinski definition) is 1. The van der Waals surface area contributed by atoms with Gasteiger partial charge in [-0.05, 0) is 36.8 Å². The first-order valence-electron chi connectivity index (χ1n) is 9.31. The summed E-state index contributed by atoms with van der Waals surface area (Å²) in [5.74, 6) is -0.455. The van der Waals surface area contributed by atoms with Gasteiger partial charge in [0, 0.05) is 6.07 Å². The summed E-state index contributed by atoms with van der Waals surface area (Å²) in [6.07, 6.45) is 0.0496. The maximum Gasteiger partial charge on any atom is 0.360 e. The van der Waals surface area contributed by atoms with Gasteiger partial charge in [-0.2, -0.15) is 9.78 Å². The number of rotatable bonds is 7. The van der Waals surface area contributed by atoms with Crippen LogP contribution in [0.25, 0.3) is 5.69 Å². The molecule has 0 radical (unpaired) electrons. The number of aromatic nitrogens is 2. The van der Waals surface area contributed by atoms with Crippen molar-refractivity contribution < 1.29 is 19.1 Å². The van der Waals surface area contributed by atoms with Crippen LogP contribution in [0.15, 0.2) is 65.5 Å². The zero-order valence-electron chi connectivity index (χ0n) is 16.6. The summed E-state index contributed by atoms with van der Waals surface area (Å²) in [5.41, 5.74) is 0.599. The Balaban J connectivity index is 1.90. The number of anilines is 1. The Bertz CT molecular complexity index is 1090. The van der Waals surface area contributed by atoms with E-state index in [0.29, 0.717) is 11.4 Å². The molecule has 0 saturated heterocycles. The Morgan fingerprint density at radius 1 is 1.07 bits per heavy atom. The minimum absolute atomic E-state index is 0.00384. The van der Waals surface area contributed by atoms with E-state index in [9.17, 15) is 14.4 Å². The van der Waals surface area contributed by atoms with Gasteiger partial charge in [-0.3, -0.25) is 9.59 Å². The van der Waals surface area contributed by atoms with Crippen LogP contribution in [0.3, 0.4) is 0 Å². The van der Waals surface area contributed by atoms with Crippen molar-refractivity contribution in [3.63, 3.8) is 0 Å². The van der Waals surface area contributed by atoms with Crippen LogP contribution in [0.2, 0.25) is 0 Å². The van der Waals surface area contributed by atoms with Crippen molar-refractivity contribution in [2.75, 3.05) is 19.0 Å². The van der Waals surface area contributed by atoms with Crippen molar-refractivity contribution in [3.8, 4) is 11.4 Å². The van der Waals surface area contributed by atoms with Gasteiger partial charge in [-0.1, -0.05) is 30.3 Å². The van der Waals surface area contributed by atoms with Crippen molar-refractivity contribution in [1.82, 2.24) is 9.78 Å². The van der Waals surface area contributed by atoms with Crippen molar-refractivity contribution in [1.29, 1.82) is 0 Å². The predicted octanol–water partition coefficient (Wildman–Crippen LogP) is 2.60. The van der Waals surface area contributed by atoms with Crippen LogP contribution in [-0.2, 0) is 16.0 Å². The molecule has 3 rings (SSSR count). The second-order valence-electron chi connectivity index (χ2n) is 6.29. The number of ether oxygens (including phenoxy) is 2. The van der Waals surface area contributed by atoms with Crippen molar-refractivity contribution >= 4 is 17.6 Å². The highest BCUT2D eigenvalue weighted by Crippen LogP contribution is 2.16. The molecule has 1 aromatic heterocycles. The highest BCUT2D eigenvalue weighted by molar-refractivity contribution is 6.00. The lowest BCUT2D eigenvalue weighted by atomic mass is 10.1. The third-order valence-corrected chi connectivity index (χ3v) is 4.20. The minimum atomic E-state index is -0.734. The zero-order chi connectivity index (χ0) is 21.5. The fraction of sp³-hybridized carbons (Fsp3) is 0.182. The summed E-state index contributed by atoms with van der Waals surface area (Å²) in [5, 5.41) is 6.74. The Labute approximate surface area is 173 Å². The van der Waals surface area contributed by atoms with Crippen molar-refractivity contribution in [2.24, 2.45) is 0 Å². The molecule has 1 amide bonds. The van der Waals surface area contributed by atoms with E-state index in [0.717, 1.165) is 16.3 Å². The van der Waals surface area contributed by atoms with Crippen LogP contribution in [0.5, 0.6) is 5.75 Å². The normalized spacial score (nSPS) is 10.3. The van der Waals surface area contributed by atoms with Crippen LogP contribution in [0.4, 0.5) is 5.69 Å². The van der Waals surface area contributed by atoms with Crippen molar-refractivity contribution in [2.45, 2.75) is 13.3 Å². The Morgan fingerprint density at radius 2 is 1.77 bits per heavy atom. The molecule has 0 aliphatic carbocycles. The van der Waals surface area contributed by atoms with Crippen LogP contribution in [0, 0.1) is 0 Å². The lowest BCUT2D eigenvalue weighted by molar-refractivity contribution is -0.115. The first-order valence-corrected chi connectivity index (χ1v) is 9.31. The van der Waals surface area contributed by atoms with E-state index in [4.69, 9.17) is 9.47 Å². The van der Waals surface area contributed by atoms with Crippen LogP contribution >= 0.6 is 0 Å². The molecule has 1 N–H and O–H groups in total. The number of carbonyl (C=O) groups is 2. The molecule has 0 spiro atoms. The molecular weight excluding hydrogens is 386 g/mol. The van der Waals surface area contributed by atoms with Crippen LogP contribution < -0.4 is 15.6 Å². The number of para-hydroxylation sites is 1. The number of esters is 1. The van der Waals surface area contributed by atoms with Gasteiger partial charge in [0.1, 0.15) is 5.75 Å². The number of amides is 1. The standard InChI is InChI=1S/C22H21N3O5/c1-3-30-22(28)21-18(14-20(27)25(24-21)16-7-5-4-6-8-16)23-19(26)13-15-9-11-17(29-2)12-10-15/h4-12,14H,3,13H2,1-2H3,(H,23,26). The molecule has 8 heteroatoms. The summed E-state index contributed by atoms with van der Waals surface area (Å²) in [6, 6.07) is 16.8. The number of hydrogen-bond acceptors (Lipinski definition) is 6. The minimum Gasteiger partial charge on any atom is -0.497 e. The second kappa shape index (κ2) is 9.51. The van der Waals surface area contributed by atoms with Gasteiger partial charge in [0.05, 0.1) is 31.5 Å². The van der Waals surface area contributed by atoms with Gasteiger partial charge >= 0.3 is 5.97 Å². The third-order valence-electron chi connectivity index (χ3n) is 4.20. The fourth-order valence-electron chi connectivity index (χ4n) is 2.78.